The summed E-state index contributed by atoms with van der Waals surface area (Å²) in [5, 5.41) is 6.38. The number of benzene rings is 1. The van der Waals surface area contributed by atoms with Crippen LogP contribution < -0.4 is 10.6 Å². The number of hydrogen-bond donors (Lipinski definition) is 2. The minimum absolute atomic E-state index is 0.0677. The molecule has 2 N–H and O–H groups in total. The van der Waals surface area contributed by atoms with Crippen molar-refractivity contribution in [1.82, 2.24) is 10.6 Å². The largest absolute Gasteiger partial charge is 0.411 e. The molecule has 1 unspecified atom stereocenters. The van der Waals surface area contributed by atoms with Gasteiger partial charge >= 0.3 is 6.18 Å². The molecule has 1 rings (SSSR count). The van der Waals surface area contributed by atoms with Crippen molar-refractivity contribution in [3.63, 3.8) is 0 Å². The molecule has 1 atom stereocenters. The molecule has 0 radical (unpaired) electrons. The summed E-state index contributed by atoms with van der Waals surface area (Å²) in [6, 6.07) is 7.27. The Balaban J connectivity index is 2.53. The Hall–Kier alpha value is -1.80. The number of guanidine groups is 1. The summed E-state index contributed by atoms with van der Waals surface area (Å²) in [5.41, 5.74) is 1.65. The monoisotopic (exact) mass is 361 g/mol. The third-order valence-corrected chi connectivity index (χ3v) is 3.12. The molecule has 0 fully saturated rings. The number of halogens is 3. The molecule has 0 amide bonds. The number of methoxy groups -OCH3 is 1. The first-order chi connectivity index (χ1) is 11.8. The highest BCUT2D eigenvalue weighted by Gasteiger charge is 2.27. The first-order valence-electron chi connectivity index (χ1n) is 8.10. The van der Waals surface area contributed by atoms with Gasteiger partial charge in [-0.05, 0) is 25.0 Å². The number of hydrogen-bond acceptors (Lipinski definition) is 3. The van der Waals surface area contributed by atoms with Crippen LogP contribution in [0.15, 0.2) is 29.3 Å². The van der Waals surface area contributed by atoms with Crippen molar-refractivity contribution in [1.29, 1.82) is 0 Å². The lowest BCUT2D eigenvalue weighted by atomic mass is 10.1. The van der Waals surface area contributed by atoms with Crippen LogP contribution in [0.25, 0.3) is 0 Å². The lowest BCUT2D eigenvalue weighted by molar-refractivity contribution is -0.176. The average molecular weight is 361 g/mol. The van der Waals surface area contributed by atoms with Gasteiger partial charge in [0.1, 0.15) is 6.61 Å². The van der Waals surface area contributed by atoms with Crippen molar-refractivity contribution in [2.75, 3.05) is 26.9 Å². The molecule has 1 aromatic rings. The normalized spacial score (nSPS) is 13.6. The molecule has 0 saturated heterocycles. The maximum Gasteiger partial charge on any atom is 0.411 e. The Morgan fingerprint density at radius 3 is 2.40 bits per heavy atom. The number of aliphatic imine (C=N–C) groups is 1. The van der Waals surface area contributed by atoms with Crippen molar-refractivity contribution in [3.8, 4) is 0 Å². The van der Waals surface area contributed by atoms with Crippen LogP contribution in [-0.2, 0) is 22.6 Å². The molecule has 0 aliphatic carbocycles. The van der Waals surface area contributed by atoms with E-state index in [0.717, 1.165) is 12.1 Å². The van der Waals surface area contributed by atoms with Gasteiger partial charge in [-0.15, -0.1) is 0 Å². The van der Waals surface area contributed by atoms with E-state index >= 15 is 0 Å². The molecule has 0 bridgehead atoms. The molecular weight excluding hydrogens is 335 g/mol. The van der Waals surface area contributed by atoms with Gasteiger partial charge in [0.25, 0.3) is 0 Å². The summed E-state index contributed by atoms with van der Waals surface area (Å²) < 4.78 is 45.8. The maximum absolute atomic E-state index is 12.0. The molecule has 0 aliphatic heterocycles. The Bertz CT molecular complexity index is 519. The van der Waals surface area contributed by atoms with E-state index < -0.39 is 12.8 Å². The Labute approximate surface area is 146 Å². The third kappa shape index (κ3) is 9.93. The van der Waals surface area contributed by atoms with Gasteiger partial charge in [-0.2, -0.15) is 13.2 Å². The van der Waals surface area contributed by atoms with Crippen molar-refractivity contribution < 1.29 is 22.6 Å². The van der Waals surface area contributed by atoms with Crippen LogP contribution in [0.3, 0.4) is 0 Å². The first-order valence-corrected chi connectivity index (χ1v) is 8.10. The van der Waals surface area contributed by atoms with E-state index in [1.807, 2.05) is 26.0 Å². The van der Waals surface area contributed by atoms with Gasteiger partial charge in [0.15, 0.2) is 5.96 Å². The zero-order chi connectivity index (χ0) is 18.7. The lowest BCUT2D eigenvalue weighted by Gasteiger charge is -2.17. The topological polar surface area (TPSA) is 54.9 Å². The Morgan fingerprint density at radius 1 is 1.20 bits per heavy atom. The maximum atomic E-state index is 12.0. The van der Waals surface area contributed by atoms with Crippen molar-refractivity contribution in [2.45, 2.75) is 39.2 Å². The fraction of sp³-hybridized carbons (Fsp3) is 0.588. The highest BCUT2D eigenvalue weighted by molar-refractivity contribution is 5.80. The summed E-state index contributed by atoms with van der Waals surface area (Å²) in [7, 11) is 1.64. The third-order valence-electron chi connectivity index (χ3n) is 3.12. The number of nitrogens with zero attached hydrogens (tertiary/aromatic N) is 1. The smallest absolute Gasteiger partial charge is 0.383 e. The van der Waals surface area contributed by atoms with Gasteiger partial charge in [-0.25, -0.2) is 4.99 Å². The van der Waals surface area contributed by atoms with Gasteiger partial charge in [0.2, 0.25) is 0 Å². The second-order valence-corrected chi connectivity index (χ2v) is 5.62. The van der Waals surface area contributed by atoms with Crippen molar-refractivity contribution in [3.05, 3.63) is 35.4 Å². The molecule has 1 aromatic carbocycles. The predicted octanol–water partition coefficient (Wildman–Crippen LogP) is 2.86. The van der Waals surface area contributed by atoms with Crippen LogP contribution >= 0.6 is 0 Å². The zero-order valence-electron chi connectivity index (χ0n) is 14.8. The van der Waals surface area contributed by atoms with E-state index in [1.54, 1.807) is 19.2 Å². The van der Waals surface area contributed by atoms with Crippen LogP contribution in [-0.4, -0.2) is 45.0 Å². The van der Waals surface area contributed by atoms with Gasteiger partial charge in [0.05, 0.1) is 19.8 Å². The molecule has 5 nitrogen and oxygen atoms in total. The fourth-order valence-electron chi connectivity index (χ4n) is 2.04. The highest BCUT2D eigenvalue weighted by atomic mass is 19.4. The van der Waals surface area contributed by atoms with E-state index in [4.69, 9.17) is 4.74 Å². The van der Waals surface area contributed by atoms with Crippen LogP contribution in [0.5, 0.6) is 0 Å². The average Bonchev–Trinajstić information content (AvgIpc) is 2.53. The molecular formula is C17H26F3N3O2. The highest BCUT2D eigenvalue weighted by Crippen LogP contribution is 2.16. The number of ether oxygens (including phenoxy) is 2. The van der Waals surface area contributed by atoms with E-state index in [0.29, 0.717) is 24.7 Å². The summed E-state index contributed by atoms with van der Waals surface area (Å²) in [6.45, 7) is 4.43. The summed E-state index contributed by atoms with van der Waals surface area (Å²) >= 11 is 0. The van der Waals surface area contributed by atoms with E-state index in [2.05, 4.69) is 20.4 Å². The van der Waals surface area contributed by atoms with Gasteiger partial charge in [-0.3, -0.25) is 0 Å². The molecule has 142 valence electrons. The van der Waals surface area contributed by atoms with Gasteiger partial charge in [-0.1, -0.05) is 24.3 Å². The van der Waals surface area contributed by atoms with Crippen molar-refractivity contribution in [2.24, 2.45) is 4.99 Å². The Morgan fingerprint density at radius 2 is 1.84 bits per heavy atom. The molecule has 0 aliphatic rings. The zero-order valence-corrected chi connectivity index (χ0v) is 14.8. The van der Waals surface area contributed by atoms with E-state index in [9.17, 15) is 13.2 Å². The van der Waals surface area contributed by atoms with Crippen LogP contribution in [0.2, 0.25) is 0 Å². The standard InChI is InChI=1S/C17H26F3N3O2/c1-4-21-16(23-13(2)10-24-3)22-9-14-5-7-15(8-6-14)11-25-12-17(18,19)20/h5-8,13H,4,9-12H2,1-3H3,(H2,21,22,23). The van der Waals surface area contributed by atoms with Gasteiger partial charge < -0.3 is 20.1 Å². The second-order valence-electron chi connectivity index (χ2n) is 5.62. The van der Waals surface area contributed by atoms with E-state index in [1.165, 1.54) is 0 Å². The molecule has 0 saturated carbocycles. The molecule has 25 heavy (non-hydrogen) atoms. The summed E-state index contributed by atoms with van der Waals surface area (Å²) in [5.74, 6) is 0.685. The second kappa shape index (κ2) is 10.9. The molecule has 0 aromatic heterocycles. The minimum Gasteiger partial charge on any atom is -0.383 e. The van der Waals surface area contributed by atoms with E-state index in [-0.39, 0.29) is 12.6 Å². The van der Waals surface area contributed by atoms with Crippen LogP contribution in [0.4, 0.5) is 13.2 Å². The fourth-order valence-corrected chi connectivity index (χ4v) is 2.04. The lowest BCUT2D eigenvalue weighted by Crippen LogP contribution is -2.43. The predicted molar refractivity (Wildman–Crippen MR) is 91.4 cm³/mol. The first kappa shape index (κ1) is 21.2. The van der Waals surface area contributed by atoms with Crippen LogP contribution in [0.1, 0.15) is 25.0 Å². The quantitative estimate of drug-likeness (QED) is 0.525. The molecule has 0 heterocycles. The van der Waals surface area contributed by atoms with Crippen molar-refractivity contribution >= 4 is 5.96 Å². The van der Waals surface area contributed by atoms with Crippen LogP contribution in [0, 0.1) is 0 Å². The number of alkyl halides is 3. The summed E-state index contributed by atoms with van der Waals surface area (Å²) in [4.78, 5) is 4.49. The molecule has 8 heteroatoms. The SMILES string of the molecule is CCNC(=NCc1ccc(COCC(F)(F)F)cc1)NC(C)COC. The minimum atomic E-state index is -4.30. The number of rotatable bonds is 9. The van der Waals surface area contributed by atoms with Gasteiger partial charge in [0, 0.05) is 19.7 Å². The summed E-state index contributed by atoms with van der Waals surface area (Å²) in [6.07, 6.45) is -4.30. The molecule has 0 spiro atoms. The Kier molecular flexibility index (Phi) is 9.30. The number of nitrogens with one attached hydrogen (secondary N) is 2.